The highest BCUT2D eigenvalue weighted by molar-refractivity contribution is 7.85. The number of nitrogens with zero attached hydrogens (tertiary/aromatic N) is 1. The Labute approximate surface area is 135 Å². The average molecular weight is 335 g/mol. The number of carbonyl (C=O) groups excluding carboxylic acids is 1. The van der Waals surface area contributed by atoms with Crippen molar-refractivity contribution in [3.8, 4) is 11.6 Å². The van der Waals surface area contributed by atoms with Crippen molar-refractivity contribution in [2.45, 2.75) is 20.0 Å². The summed E-state index contributed by atoms with van der Waals surface area (Å²) in [7, 11) is -3.52. The lowest BCUT2D eigenvalue weighted by Crippen LogP contribution is -2.04. The van der Waals surface area contributed by atoms with Gasteiger partial charge < -0.3 is 4.74 Å². The zero-order valence-electron chi connectivity index (χ0n) is 12.9. The maximum atomic E-state index is 11.1. The fourth-order valence-electron chi connectivity index (χ4n) is 1.85. The second-order valence-corrected chi connectivity index (χ2v) is 6.70. The lowest BCUT2D eigenvalue weighted by Gasteiger charge is -2.07. The first-order valence-corrected chi connectivity index (χ1v) is 8.70. The molecule has 23 heavy (non-hydrogen) atoms. The smallest absolute Gasteiger partial charge is 0.264 e. The number of aromatic nitrogens is 1. The van der Waals surface area contributed by atoms with Crippen molar-refractivity contribution in [1.82, 2.24) is 4.98 Å². The van der Waals surface area contributed by atoms with Crippen molar-refractivity contribution in [2.75, 3.05) is 6.26 Å². The number of hydrogen-bond donors (Lipinski definition) is 0. The maximum Gasteiger partial charge on any atom is 0.264 e. The molecule has 0 aliphatic heterocycles. The van der Waals surface area contributed by atoms with Crippen LogP contribution in [-0.4, -0.2) is 25.4 Å². The van der Waals surface area contributed by atoms with Gasteiger partial charge in [0.1, 0.15) is 18.1 Å². The number of pyridine rings is 1. The van der Waals surface area contributed by atoms with Crippen LogP contribution >= 0.6 is 0 Å². The molecule has 0 saturated heterocycles. The number of ether oxygens (including phenoxy) is 1. The summed E-state index contributed by atoms with van der Waals surface area (Å²) in [5.74, 6) is 1.00. The first-order valence-electron chi connectivity index (χ1n) is 6.88. The van der Waals surface area contributed by atoms with Crippen molar-refractivity contribution in [2.24, 2.45) is 0 Å². The molecule has 0 radical (unpaired) electrons. The minimum absolute atomic E-state index is 0.0962. The van der Waals surface area contributed by atoms with E-state index >= 15 is 0 Å². The zero-order valence-corrected chi connectivity index (χ0v) is 13.7. The topological polar surface area (TPSA) is 82.6 Å². The second kappa shape index (κ2) is 7.34. The standard InChI is InChI=1S/C16H17NO5S/c1-12(18)10-13-6-8-15(9-7-13)22-16-5-3-4-14(17-16)11-21-23(2,19)20/h3-9H,10-11H2,1-2H3. The first-order chi connectivity index (χ1) is 10.8. The molecule has 2 aromatic rings. The SMILES string of the molecule is CC(=O)Cc1ccc(Oc2cccc(COS(C)(=O)=O)n2)cc1. The van der Waals surface area contributed by atoms with E-state index in [-0.39, 0.29) is 12.4 Å². The molecule has 7 heteroatoms. The van der Waals surface area contributed by atoms with Crippen molar-refractivity contribution < 1.29 is 22.1 Å². The third kappa shape index (κ3) is 6.17. The molecule has 0 aliphatic rings. The van der Waals surface area contributed by atoms with Crippen LogP contribution in [0.25, 0.3) is 0 Å². The number of Topliss-reactive ketones (excluding diaryl/α,β-unsaturated/α-hetero) is 1. The van der Waals surface area contributed by atoms with Crippen LogP contribution < -0.4 is 4.74 Å². The number of carbonyl (C=O) groups is 1. The molecule has 0 unspecified atom stereocenters. The van der Waals surface area contributed by atoms with Crippen molar-refractivity contribution in [1.29, 1.82) is 0 Å². The van der Waals surface area contributed by atoms with E-state index < -0.39 is 10.1 Å². The molecule has 1 aromatic heterocycles. The van der Waals surface area contributed by atoms with Crippen LogP contribution in [0.5, 0.6) is 11.6 Å². The summed E-state index contributed by atoms with van der Waals surface area (Å²) in [6.45, 7) is 1.39. The van der Waals surface area contributed by atoms with Gasteiger partial charge in [-0.25, -0.2) is 4.98 Å². The summed E-state index contributed by atoms with van der Waals surface area (Å²) >= 11 is 0. The van der Waals surface area contributed by atoms with Gasteiger partial charge in [-0.2, -0.15) is 8.42 Å². The molecule has 0 fully saturated rings. The molecule has 1 aromatic carbocycles. The molecule has 122 valence electrons. The number of benzene rings is 1. The Morgan fingerprint density at radius 1 is 1.13 bits per heavy atom. The van der Waals surface area contributed by atoms with Gasteiger partial charge in [-0.15, -0.1) is 0 Å². The molecular formula is C16H17NO5S. The maximum absolute atomic E-state index is 11.1. The normalized spacial score (nSPS) is 11.2. The van der Waals surface area contributed by atoms with Gasteiger partial charge in [0.15, 0.2) is 0 Å². The van der Waals surface area contributed by atoms with E-state index in [0.717, 1.165) is 11.8 Å². The molecule has 0 aliphatic carbocycles. The minimum atomic E-state index is -3.52. The molecule has 0 spiro atoms. The van der Waals surface area contributed by atoms with Crippen LogP contribution in [0.2, 0.25) is 0 Å². The predicted molar refractivity (Wildman–Crippen MR) is 84.8 cm³/mol. The first kappa shape index (κ1) is 17.1. The monoisotopic (exact) mass is 335 g/mol. The molecule has 0 N–H and O–H groups in total. The van der Waals surface area contributed by atoms with Gasteiger partial charge in [0, 0.05) is 12.5 Å². The Morgan fingerprint density at radius 2 is 1.83 bits per heavy atom. The van der Waals surface area contributed by atoms with E-state index in [1.807, 2.05) is 12.1 Å². The fourth-order valence-corrected chi connectivity index (χ4v) is 2.18. The van der Waals surface area contributed by atoms with Crippen molar-refractivity contribution in [3.05, 3.63) is 53.7 Å². The van der Waals surface area contributed by atoms with Crippen LogP contribution in [0.15, 0.2) is 42.5 Å². The summed E-state index contributed by atoms with van der Waals surface area (Å²) < 4.78 is 32.3. The minimum Gasteiger partial charge on any atom is -0.439 e. The van der Waals surface area contributed by atoms with Crippen molar-refractivity contribution >= 4 is 15.9 Å². The zero-order chi connectivity index (χ0) is 16.9. The van der Waals surface area contributed by atoms with E-state index in [9.17, 15) is 13.2 Å². The quantitative estimate of drug-likeness (QED) is 0.723. The van der Waals surface area contributed by atoms with Gasteiger partial charge in [-0.3, -0.25) is 8.98 Å². The summed E-state index contributed by atoms with van der Waals surface area (Å²) in [4.78, 5) is 15.2. The fraction of sp³-hybridized carbons (Fsp3) is 0.250. The Bertz CT molecular complexity index is 784. The second-order valence-electron chi connectivity index (χ2n) is 5.06. The summed E-state index contributed by atoms with van der Waals surface area (Å²) in [5.41, 5.74) is 1.36. The highest BCUT2D eigenvalue weighted by atomic mass is 32.2. The van der Waals surface area contributed by atoms with E-state index in [4.69, 9.17) is 8.92 Å². The van der Waals surface area contributed by atoms with Gasteiger partial charge in [0.25, 0.3) is 10.1 Å². The third-order valence-corrected chi connectivity index (χ3v) is 3.35. The molecule has 0 saturated carbocycles. The average Bonchev–Trinajstić information content (AvgIpc) is 2.46. The van der Waals surface area contributed by atoms with Crippen LogP contribution in [-0.2, 0) is 32.1 Å². The summed E-state index contributed by atoms with van der Waals surface area (Å²) in [6, 6.07) is 12.1. The van der Waals surface area contributed by atoms with Crippen molar-refractivity contribution in [3.63, 3.8) is 0 Å². The number of hydrogen-bond acceptors (Lipinski definition) is 6. The molecule has 2 rings (SSSR count). The Morgan fingerprint density at radius 3 is 2.43 bits per heavy atom. The van der Waals surface area contributed by atoms with E-state index in [1.165, 1.54) is 0 Å². The lowest BCUT2D eigenvalue weighted by atomic mass is 10.1. The Kier molecular flexibility index (Phi) is 5.46. The van der Waals surface area contributed by atoms with Crippen LogP contribution in [0.3, 0.4) is 0 Å². The number of rotatable bonds is 7. The van der Waals surface area contributed by atoms with E-state index in [0.29, 0.717) is 23.7 Å². The van der Waals surface area contributed by atoms with Gasteiger partial charge in [0.2, 0.25) is 5.88 Å². The van der Waals surface area contributed by atoms with E-state index in [1.54, 1.807) is 37.3 Å². The van der Waals surface area contributed by atoms with E-state index in [2.05, 4.69) is 4.98 Å². The summed E-state index contributed by atoms with van der Waals surface area (Å²) in [6.07, 6.45) is 1.37. The van der Waals surface area contributed by atoms with Crippen LogP contribution in [0, 0.1) is 0 Å². The highest BCUT2D eigenvalue weighted by Crippen LogP contribution is 2.20. The summed E-state index contributed by atoms with van der Waals surface area (Å²) in [5, 5.41) is 0. The molecule has 0 bridgehead atoms. The third-order valence-electron chi connectivity index (χ3n) is 2.80. The van der Waals surface area contributed by atoms with Gasteiger partial charge in [-0.05, 0) is 30.7 Å². The molecule has 6 nitrogen and oxygen atoms in total. The largest absolute Gasteiger partial charge is 0.439 e. The lowest BCUT2D eigenvalue weighted by molar-refractivity contribution is -0.116. The molecule has 0 atom stereocenters. The van der Waals surface area contributed by atoms with Gasteiger partial charge >= 0.3 is 0 Å². The van der Waals surface area contributed by atoms with Gasteiger partial charge in [-0.1, -0.05) is 18.2 Å². The predicted octanol–water partition coefficient (Wildman–Crippen LogP) is 2.48. The Hall–Kier alpha value is -2.25. The molecular weight excluding hydrogens is 318 g/mol. The Balaban J connectivity index is 2.03. The van der Waals surface area contributed by atoms with Crippen LogP contribution in [0.4, 0.5) is 0 Å². The van der Waals surface area contributed by atoms with Gasteiger partial charge in [0.05, 0.1) is 11.9 Å². The number of ketones is 1. The molecule has 0 amide bonds. The van der Waals surface area contributed by atoms with Crippen LogP contribution in [0.1, 0.15) is 18.2 Å². The highest BCUT2D eigenvalue weighted by Gasteiger charge is 2.06. The molecule has 1 heterocycles.